The molecule has 0 heterocycles. The number of hydrogen-bond donors (Lipinski definition) is 1. The van der Waals surface area contributed by atoms with Crippen molar-refractivity contribution < 1.29 is 13.2 Å². The monoisotopic (exact) mass is 242 g/mol. The third-order valence-corrected chi connectivity index (χ3v) is 3.07. The minimum absolute atomic E-state index is 0.122. The van der Waals surface area contributed by atoms with Gasteiger partial charge in [-0.05, 0) is 24.3 Å². The summed E-state index contributed by atoms with van der Waals surface area (Å²) in [5.74, 6) is -0.465. The van der Waals surface area contributed by atoms with Gasteiger partial charge in [0.1, 0.15) is 0 Å². The molecule has 0 radical (unpaired) electrons. The molecule has 1 rings (SSSR count). The van der Waals surface area contributed by atoms with Gasteiger partial charge in [-0.2, -0.15) is 0 Å². The molecule has 16 heavy (non-hydrogen) atoms. The van der Waals surface area contributed by atoms with Crippen LogP contribution >= 0.6 is 0 Å². The highest BCUT2D eigenvalue weighted by atomic mass is 32.2. The number of nitrogens with zero attached hydrogens (tertiary/aromatic N) is 1. The van der Waals surface area contributed by atoms with Crippen LogP contribution in [0.15, 0.2) is 24.3 Å². The van der Waals surface area contributed by atoms with Crippen LogP contribution in [-0.4, -0.2) is 20.6 Å². The minimum Gasteiger partial charge on any atom is -0.399 e. The molecular weight excluding hydrogens is 228 g/mol. The third-order valence-electron chi connectivity index (χ3n) is 1.99. The molecule has 0 aliphatic heterocycles. The van der Waals surface area contributed by atoms with E-state index in [0.717, 1.165) is 10.6 Å². The van der Waals surface area contributed by atoms with Gasteiger partial charge in [-0.3, -0.25) is 4.79 Å². The van der Waals surface area contributed by atoms with Crippen molar-refractivity contribution in [3.8, 4) is 0 Å². The summed E-state index contributed by atoms with van der Waals surface area (Å²) in [6, 6.07) is 6.11. The van der Waals surface area contributed by atoms with E-state index in [2.05, 4.69) is 0 Å². The first-order chi connectivity index (χ1) is 7.36. The predicted molar refractivity (Wildman–Crippen MR) is 63.5 cm³/mol. The molecule has 1 aromatic rings. The summed E-state index contributed by atoms with van der Waals surface area (Å²) in [4.78, 5) is 11.6. The summed E-state index contributed by atoms with van der Waals surface area (Å²) < 4.78 is 23.8. The Bertz CT molecular complexity index is 479. The van der Waals surface area contributed by atoms with Crippen LogP contribution in [-0.2, 0) is 14.8 Å². The lowest BCUT2D eigenvalue weighted by atomic mass is 10.3. The summed E-state index contributed by atoms with van der Waals surface area (Å²) in [6.45, 7) is 1.61. The molecule has 5 nitrogen and oxygen atoms in total. The maximum Gasteiger partial charge on any atom is 0.240 e. The smallest absolute Gasteiger partial charge is 0.240 e. The molecule has 0 spiro atoms. The van der Waals surface area contributed by atoms with Crippen LogP contribution in [0.4, 0.5) is 11.4 Å². The Labute approximate surface area is 94.9 Å². The Hall–Kier alpha value is -1.56. The fraction of sp³-hybridized carbons (Fsp3) is 0.300. The summed E-state index contributed by atoms with van der Waals surface area (Å²) in [5.41, 5.74) is 6.32. The Balaban J connectivity index is 3.22. The SMILES string of the molecule is CCC(=O)N(c1ccc(N)cc1)S(C)(=O)=O. The number of rotatable bonds is 3. The molecule has 0 unspecified atom stereocenters. The molecule has 1 amide bonds. The lowest BCUT2D eigenvalue weighted by molar-refractivity contribution is -0.117. The molecule has 0 aliphatic rings. The first kappa shape index (κ1) is 12.5. The quantitative estimate of drug-likeness (QED) is 0.801. The lowest BCUT2D eigenvalue weighted by Crippen LogP contribution is -2.35. The van der Waals surface area contributed by atoms with E-state index in [1.54, 1.807) is 19.1 Å². The Morgan fingerprint density at radius 2 is 1.81 bits per heavy atom. The van der Waals surface area contributed by atoms with Crippen molar-refractivity contribution in [2.24, 2.45) is 0 Å². The number of anilines is 2. The van der Waals surface area contributed by atoms with E-state index in [9.17, 15) is 13.2 Å². The van der Waals surface area contributed by atoms with Crippen molar-refractivity contribution >= 4 is 27.3 Å². The second kappa shape index (κ2) is 4.52. The van der Waals surface area contributed by atoms with Gasteiger partial charge in [0.05, 0.1) is 11.9 Å². The molecule has 0 saturated heterocycles. The first-order valence-electron chi connectivity index (χ1n) is 4.75. The van der Waals surface area contributed by atoms with Crippen molar-refractivity contribution in [3.05, 3.63) is 24.3 Å². The summed E-state index contributed by atoms with van der Waals surface area (Å²) in [7, 11) is -3.60. The lowest BCUT2D eigenvalue weighted by Gasteiger charge is -2.19. The van der Waals surface area contributed by atoms with Crippen molar-refractivity contribution in [1.29, 1.82) is 0 Å². The zero-order valence-corrected chi connectivity index (χ0v) is 9.99. The maximum atomic E-state index is 11.6. The molecule has 6 heteroatoms. The standard InChI is InChI=1S/C10H14N2O3S/c1-3-10(13)12(16(2,14)15)9-6-4-8(11)5-7-9/h4-7H,3,11H2,1-2H3. The third kappa shape index (κ3) is 2.73. The zero-order chi connectivity index (χ0) is 12.3. The number of hydrogen-bond acceptors (Lipinski definition) is 4. The second-order valence-corrected chi connectivity index (χ2v) is 5.20. The van der Waals surface area contributed by atoms with E-state index in [-0.39, 0.29) is 6.42 Å². The molecule has 88 valence electrons. The van der Waals surface area contributed by atoms with E-state index in [1.807, 2.05) is 0 Å². The van der Waals surface area contributed by atoms with Gasteiger partial charge in [0.15, 0.2) is 0 Å². The maximum absolute atomic E-state index is 11.6. The van der Waals surface area contributed by atoms with Crippen molar-refractivity contribution in [2.75, 3.05) is 16.3 Å². The molecule has 0 bridgehead atoms. The molecule has 0 aromatic heterocycles. The van der Waals surface area contributed by atoms with E-state index >= 15 is 0 Å². The largest absolute Gasteiger partial charge is 0.399 e. The van der Waals surface area contributed by atoms with Crippen LogP contribution < -0.4 is 10.0 Å². The fourth-order valence-corrected chi connectivity index (χ4v) is 2.28. The Kier molecular flexibility index (Phi) is 3.54. The molecule has 0 saturated carbocycles. The van der Waals surface area contributed by atoms with Crippen LogP contribution in [0.5, 0.6) is 0 Å². The highest BCUT2D eigenvalue weighted by Crippen LogP contribution is 2.19. The number of nitrogen functional groups attached to an aromatic ring is 1. The first-order valence-corrected chi connectivity index (χ1v) is 6.59. The number of carbonyl (C=O) groups excluding carboxylic acids is 1. The fourth-order valence-electron chi connectivity index (χ4n) is 1.27. The van der Waals surface area contributed by atoms with Crippen LogP contribution in [0.2, 0.25) is 0 Å². The Morgan fingerprint density at radius 3 is 2.19 bits per heavy atom. The van der Waals surface area contributed by atoms with Gasteiger partial charge in [0.2, 0.25) is 15.9 Å². The molecular formula is C10H14N2O3S. The van der Waals surface area contributed by atoms with Crippen LogP contribution in [0.25, 0.3) is 0 Å². The zero-order valence-electron chi connectivity index (χ0n) is 9.17. The molecule has 2 N–H and O–H groups in total. The van der Waals surface area contributed by atoms with Crippen molar-refractivity contribution in [2.45, 2.75) is 13.3 Å². The van der Waals surface area contributed by atoms with Gasteiger partial charge >= 0.3 is 0 Å². The molecule has 1 aromatic carbocycles. The minimum atomic E-state index is -3.60. The van der Waals surface area contributed by atoms with Crippen LogP contribution in [0, 0.1) is 0 Å². The van der Waals surface area contributed by atoms with Crippen LogP contribution in [0.3, 0.4) is 0 Å². The highest BCUT2D eigenvalue weighted by Gasteiger charge is 2.23. The number of sulfonamides is 1. The predicted octanol–water partition coefficient (Wildman–Crippen LogP) is 0.971. The van der Waals surface area contributed by atoms with E-state index < -0.39 is 15.9 Å². The van der Waals surface area contributed by atoms with Crippen LogP contribution in [0.1, 0.15) is 13.3 Å². The highest BCUT2D eigenvalue weighted by molar-refractivity contribution is 7.92. The van der Waals surface area contributed by atoms with E-state index in [0.29, 0.717) is 11.4 Å². The van der Waals surface area contributed by atoms with Crippen molar-refractivity contribution in [3.63, 3.8) is 0 Å². The number of benzene rings is 1. The number of amides is 1. The second-order valence-electron chi connectivity index (χ2n) is 3.37. The molecule has 0 aliphatic carbocycles. The molecule has 0 fully saturated rings. The summed E-state index contributed by atoms with van der Waals surface area (Å²) in [6.07, 6.45) is 1.12. The number of nitrogens with two attached hydrogens (primary N) is 1. The van der Waals surface area contributed by atoms with E-state index in [1.165, 1.54) is 12.1 Å². The number of carbonyl (C=O) groups is 1. The normalized spacial score (nSPS) is 11.1. The van der Waals surface area contributed by atoms with Gasteiger partial charge in [0, 0.05) is 12.1 Å². The average Bonchev–Trinajstić information content (AvgIpc) is 2.19. The van der Waals surface area contributed by atoms with Gasteiger partial charge in [-0.15, -0.1) is 0 Å². The van der Waals surface area contributed by atoms with Gasteiger partial charge in [0.25, 0.3) is 0 Å². The summed E-state index contributed by atoms with van der Waals surface area (Å²) >= 11 is 0. The Morgan fingerprint density at radius 1 is 1.31 bits per heavy atom. The van der Waals surface area contributed by atoms with Crippen molar-refractivity contribution in [1.82, 2.24) is 0 Å². The molecule has 0 atom stereocenters. The summed E-state index contributed by atoms with van der Waals surface area (Å²) in [5, 5.41) is 0. The van der Waals surface area contributed by atoms with E-state index in [4.69, 9.17) is 5.73 Å². The van der Waals surface area contributed by atoms with Gasteiger partial charge in [-0.1, -0.05) is 6.92 Å². The average molecular weight is 242 g/mol. The topological polar surface area (TPSA) is 80.5 Å². The van der Waals surface area contributed by atoms with Gasteiger partial charge < -0.3 is 5.73 Å². The van der Waals surface area contributed by atoms with Gasteiger partial charge in [-0.25, -0.2) is 12.7 Å².